The molecule has 0 bridgehead atoms. The smallest absolute Gasteiger partial charge is 0.337 e. The molecule has 1 aliphatic carbocycles. The molecule has 4 aromatic rings. The molecule has 2 aromatic carbocycles. The van der Waals surface area contributed by atoms with Crippen LogP contribution >= 0.6 is 0 Å². The Bertz CT molecular complexity index is 1370. The lowest BCUT2D eigenvalue weighted by molar-refractivity contribution is 0.0699. The Kier molecular flexibility index (Phi) is 5.57. The van der Waals surface area contributed by atoms with Crippen molar-refractivity contribution < 1.29 is 19.4 Å². The predicted octanol–water partition coefficient (Wildman–Crippen LogP) is 5.39. The van der Waals surface area contributed by atoms with Gasteiger partial charge in [0.05, 0.1) is 17.0 Å². The van der Waals surface area contributed by atoms with Crippen molar-refractivity contribution in [2.45, 2.75) is 26.1 Å². The van der Waals surface area contributed by atoms with Crippen molar-refractivity contribution in [2.75, 3.05) is 0 Å². The van der Waals surface area contributed by atoms with Gasteiger partial charge in [-0.05, 0) is 66.4 Å². The molecule has 0 radical (unpaired) electrons. The summed E-state index contributed by atoms with van der Waals surface area (Å²) in [7, 11) is 1.83. The topological polar surface area (TPSA) is 73.6 Å². The first kappa shape index (κ1) is 20.8. The van der Waals surface area contributed by atoms with Crippen LogP contribution in [0.25, 0.3) is 17.0 Å². The zero-order valence-electron chi connectivity index (χ0n) is 18.3. The van der Waals surface area contributed by atoms with E-state index in [0.717, 1.165) is 41.1 Å². The number of hydrogen-bond acceptors (Lipinski definition) is 4. The summed E-state index contributed by atoms with van der Waals surface area (Å²) in [6.07, 6.45) is 7.95. The van der Waals surface area contributed by atoms with E-state index in [2.05, 4.69) is 18.2 Å². The zero-order valence-corrected chi connectivity index (χ0v) is 18.3. The standard InChI is InChI=1S/C27H24N2O4/c1-29-15-24(27(30)31)23-14-22(11-12-26(23)29)32-16-18-5-4-7-21(13-18)33-17-20-10-9-19-6-2-3-8-25(19)28-20/h3-5,7-15H,2,6,16-17H2,1H3,(H,30,31). The van der Waals surface area contributed by atoms with E-state index in [1.54, 1.807) is 16.8 Å². The third-order valence-corrected chi connectivity index (χ3v) is 5.81. The van der Waals surface area contributed by atoms with Crippen LogP contribution in [0.3, 0.4) is 0 Å². The summed E-state index contributed by atoms with van der Waals surface area (Å²) in [5.41, 5.74) is 5.28. The van der Waals surface area contributed by atoms with Gasteiger partial charge in [0.15, 0.2) is 0 Å². The molecule has 166 valence electrons. The van der Waals surface area contributed by atoms with E-state index in [9.17, 15) is 9.90 Å². The van der Waals surface area contributed by atoms with Crippen molar-refractivity contribution in [3.05, 3.63) is 94.9 Å². The van der Waals surface area contributed by atoms with E-state index in [4.69, 9.17) is 14.5 Å². The van der Waals surface area contributed by atoms with Gasteiger partial charge in [-0.2, -0.15) is 0 Å². The van der Waals surface area contributed by atoms with Gasteiger partial charge in [0.2, 0.25) is 0 Å². The molecule has 0 unspecified atom stereocenters. The second-order valence-corrected chi connectivity index (χ2v) is 8.15. The van der Waals surface area contributed by atoms with Gasteiger partial charge in [-0.1, -0.05) is 24.3 Å². The summed E-state index contributed by atoms with van der Waals surface area (Å²) >= 11 is 0. The number of pyridine rings is 1. The summed E-state index contributed by atoms with van der Waals surface area (Å²) < 4.78 is 13.7. The maximum Gasteiger partial charge on any atom is 0.337 e. The molecule has 2 aromatic heterocycles. The van der Waals surface area contributed by atoms with E-state index in [-0.39, 0.29) is 5.56 Å². The predicted molar refractivity (Wildman–Crippen MR) is 127 cm³/mol. The summed E-state index contributed by atoms with van der Waals surface area (Å²) in [5.74, 6) is 0.415. The van der Waals surface area contributed by atoms with E-state index in [0.29, 0.717) is 24.3 Å². The summed E-state index contributed by atoms with van der Waals surface area (Å²) in [4.78, 5) is 16.2. The number of nitrogens with zero attached hydrogens (tertiary/aromatic N) is 2. The van der Waals surface area contributed by atoms with Gasteiger partial charge >= 0.3 is 5.97 Å². The molecule has 1 aliphatic rings. The van der Waals surface area contributed by atoms with E-state index < -0.39 is 5.97 Å². The molecule has 1 N–H and O–H groups in total. The Balaban J connectivity index is 1.25. The molecule has 0 amide bonds. The number of hydrogen-bond donors (Lipinski definition) is 1. The number of ether oxygens (including phenoxy) is 2. The van der Waals surface area contributed by atoms with Crippen LogP contribution in [0, 0.1) is 0 Å². The minimum absolute atomic E-state index is 0.264. The van der Waals surface area contributed by atoms with Crippen LogP contribution in [0.1, 0.15) is 39.3 Å². The first-order chi connectivity index (χ1) is 16.1. The first-order valence-corrected chi connectivity index (χ1v) is 10.9. The maximum atomic E-state index is 11.5. The summed E-state index contributed by atoms with van der Waals surface area (Å²) in [6, 6.07) is 17.4. The van der Waals surface area contributed by atoms with Crippen molar-refractivity contribution in [3.63, 3.8) is 0 Å². The van der Waals surface area contributed by atoms with Crippen LogP contribution in [0.15, 0.2) is 66.9 Å². The number of allylic oxidation sites excluding steroid dienone is 1. The molecule has 33 heavy (non-hydrogen) atoms. The zero-order chi connectivity index (χ0) is 22.8. The highest BCUT2D eigenvalue weighted by Crippen LogP contribution is 2.26. The number of carbonyl (C=O) groups is 1. The average Bonchev–Trinajstić information content (AvgIpc) is 3.18. The molecular weight excluding hydrogens is 416 g/mol. The number of rotatable bonds is 7. The van der Waals surface area contributed by atoms with Gasteiger partial charge in [0.1, 0.15) is 24.7 Å². The molecule has 0 spiro atoms. The number of fused-ring (bicyclic) bond motifs is 2. The fourth-order valence-corrected chi connectivity index (χ4v) is 4.10. The molecule has 0 aliphatic heterocycles. The van der Waals surface area contributed by atoms with Crippen molar-refractivity contribution in [3.8, 4) is 11.5 Å². The lowest BCUT2D eigenvalue weighted by Gasteiger charge is -2.12. The van der Waals surface area contributed by atoms with Crippen LogP contribution in [-0.4, -0.2) is 20.6 Å². The number of aromatic nitrogens is 2. The summed E-state index contributed by atoms with van der Waals surface area (Å²) in [5, 5.41) is 10.1. The fourth-order valence-electron chi connectivity index (χ4n) is 4.10. The van der Waals surface area contributed by atoms with Gasteiger partial charge < -0.3 is 19.1 Å². The highest BCUT2D eigenvalue weighted by atomic mass is 16.5. The Morgan fingerprint density at radius 2 is 1.91 bits per heavy atom. The number of carboxylic acid groups (broad SMARTS) is 1. The Morgan fingerprint density at radius 3 is 2.79 bits per heavy atom. The highest BCUT2D eigenvalue weighted by molar-refractivity contribution is 6.03. The largest absolute Gasteiger partial charge is 0.489 e. The second kappa shape index (κ2) is 8.82. The molecule has 6 heteroatoms. The third kappa shape index (κ3) is 4.46. The van der Waals surface area contributed by atoms with E-state index in [1.807, 2.05) is 49.5 Å². The third-order valence-electron chi connectivity index (χ3n) is 5.81. The normalized spacial score (nSPS) is 12.5. The minimum atomic E-state index is -0.952. The molecule has 0 saturated carbocycles. The van der Waals surface area contributed by atoms with Gasteiger partial charge in [0.25, 0.3) is 0 Å². The van der Waals surface area contributed by atoms with Crippen molar-refractivity contribution in [1.29, 1.82) is 0 Å². The Hall–Kier alpha value is -4.06. The minimum Gasteiger partial charge on any atom is -0.489 e. The lowest BCUT2D eigenvalue weighted by Crippen LogP contribution is -2.04. The molecule has 5 rings (SSSR count). The van der Waals surface area contributed by atoms with Crippen molar-refractivity contribution >= 4 is 22.9 Å². The quantitative estimate of drug-likeness (QED) is 0.417. The number of carboxylic acids is 1. The van der Waals surface area contributed by atoms with Gasteiger partial charge in [-0.3, -0.25) is 0 Å². The Labute approximate surface area is 191 Å². The van der Waals surface area contributed by atoms with E-state index in [1.165, 1.54) is 5.56 Å². The second-order valence-electron chi connectivity index (χ2n) is 8.15. The van der Waals surface area contributed by atoms with Gasteiger partial charge in [-0.15, -0.1) is 0 Å². The van der Waals surface area contributed by atoms with Crippen LogP contribution in [-0.2, 0) is 26.7 Å². The van der Waals surface area contributed by atoms with Crippen molar-refractivity contribution in [2.24, 2.45) is 7.05 Å². The fraction of sp³-hybridized carbons (Fsp3) is 0.185. The van der Waals surface area contributed by atoms with Crippen LogP contribution in [0.5, 0.6) is 11.5 Å². The monoisotopic (exact) mass is 440 g/mol. The lowest BCUT2D eigenvalue weighted by atomic mass is 10.0. The average molecular weight is 440 g/mol. The molecular formula is C27H24N2O4. The first-order valence-electron chi connectivity index (χ1n) is 10.9. The maximum absolute atomic E-state index is 11.5. The van der Waals surface area contributed by atoms with Crippen LogP contribution < -0.4 is 9.47 Å². The molecule has 0 atom stereocenters. The number of benzene rings is 2. The van der Waals surface area contributed by atoms with Gasteiger partial charge in [-0.25, -0.2) is 9.78 Å². The number of aromatic carboxylic acids is 1. The molecule has 0 fully saturated rings. The Morgan fingerprint density at radius 1 is 1.06 bits per heavy atom. The van der Waals surface area contributed by atoms with Crippen LogP contribution in [0.4, 0.5) is 0 Å². The highest BCUT2D eigenvalue weighted by Gasteiger charge is 2.13. The summed E-state index contributed by atoms with van der Waals surface area (Å²) in [6.45, 7) is 0.744. The SMILES string of the molecule is Cn1cc(C(=O)O)c2cc(OCc3cccc(OCc4ccc5c(n4)C=CCC5)c3)ccc21. The number of aryl methyl sites for hydroxylation is 2. The van der Waals surface area contributed by atoms with E-state index >= 15 is 0 Å². The van der Waals surface area contributed by atoms with Crippen LogP contribution in [0.2, 0.25) is 0 Å². The van der Waals surface area contributed by atoms with Gasteiger partial charge in [0, 0.05) is 24.1 Å². The molecule has 6 nitrogen and oxygen atoms in total. The molecule has 2 heterocycles. The molecule has 0 saturated heterocycles. The van der Waals surface area contributed by atoms with Crippen molar-refractivity contribution in [1.82, 2.24) is 9.55 Å².